The fourth-order valence-electron chi connectivity index (χ4n) is 2.64. The topological polar surface area (TPSA) is 61.6 Å². The Balaban J connectivity index is 1.81. The van der Waals surface area contributed by atoms with Crippen LogP contribution in [0.2, 0.25) is 0 Å². The number of hydrogen-bond acceptors (Lipinski definition) is 6. The maximum atomic E-state index is 11.7. The Kier molecular flexibility index (Phi) is 3.70. The molecule has 110 valence electrons. The van der Waals surface area contributed by atoms with Crippen LogP contribution < -0.4 is 11.2 Å². The number of thiophene rings is 1. The van der Waals surface area contributed by atoms with E-state index in [1.807, 2.05) is 0 Å². The monoisotopic (exact) mass is 294 g/mol. The van der Waals surface area contributed by atoms with Crippen molar-refractivity contribution in [1.82, 2.24) is 9.91 Å². The molecule has 0 unspecified atom stereocenters. The molecule has 1 saturated heterocycles. The molecule has 1 aromatic rings. The van der Waals surface area contributed by atoms with Gasteiger partial charge in [-0.2, -0.15) is 0 Å². The largest absolute Gasteiger partial charge is 0.397 e. The van der Waals surface area contributed by atoms with Gasteiger partial charge in [0.25, 0.3) is 0 Å². The van der Waals surface area contributed by atoms with Crippen LogP contribution in [0, 0.1) is 0 Å². The van der Waals surface area contributed by atoms with Gasteiger partial charge in [-0.15, -0.1) is 11.3 Å². The van der Waals surface area contributed by atoms with Crippen LogP contribution in [-0.4, -0.2) is 48.9 Å². The summed E-state index contributed by atoms with van der Waals surface area (Å²) in [6, 6.07) is 0. The number of Topliss-reactive ketones (excluding diaryl/α,β-unsaturated/α-hetero) is 1. The summed E-state index contributed by atoms with van der Waals surface area (Å²) in [5.74, 6) is 0.621. The summed E-state index contributed by atoms with van der Waals surface area (Å²) in [4.78, 5) is 14.7. The summed E-state index contributed by atoms with van der Waals surface area (Å²) in [6.07, 6.45) is 2.38. The van der Waals surface area contributed by atoms with E-state index in [0.717, 1.165) is 31.2 Å². The number of nitrogens with two attached hydrogens (primary N) is 1. The normalized spacial score (nSPS) is 21.1. The lowest BCUT2D eigenvalue weighted by Crippen LogP contribution is -2.46. The summed E-state index contributed by atoms with van der Waals surface area (Å²) in [7, 11) is 2.14. The lowest BCUT2D eigenvalue weighted by atomic mass is 10.1. The molecular weight excluding hydrogens is 272 g/mol. The minimum absolute atomic E-state index is 0.0702. The number of carbonyl (C=O) groups excluding carboxylic acids is 1. The van der Waals surface area contributed by atoms with Gasteiger partial charge in [-0.1, -0.05) is 0 Å². The zero-order valence-corrected chi connectivity index (χ0v) is 12.9. The van der Waals surface area contributed by atoms with Crippen molar-refractivity contribution in [3.63, 3.8) is 0 Å². The number of nitrogens with one attached hydrogen (secondary N) is 1. The molecule has 0 spiro atoms. The lowest BCUT2D eigenvalue weighted by molar-refractivity contribution is 0.102. The van der Waals surface area contributed by atoms with E-state index in [2.05, 4.69) is 22.4 Å². The van der Waals surface area contributed by atoms with E-state index >= 15 is 0 Å². The number of ketones is 1. The molecule has 6 heteroatoms. The standard InChI is InChI=1S/C14H22N4OS/c1-9(19)13-12(15)11(10-3-4-10)14(20-13)16-18-7-5-17(2)6-8-18/h10,16H,3-8,15H2,1-2H3. The zero-order valence-electron chi connectivity index (χ0n) is 12.1. The molecule has 20 heavy (non-hydrogen) atoms. The first-order valence-electron chi connectivity index (χ1n) is 7.19. The van der Waals surface area contributed by atoms with Gasteiger partial charge in [0.2, 0.25) is 0 Å². The molecule has 2 aliphatic rings. The Bertz CT molecular complexity index is 515. The number of nitrogen functional groups attached to an aromatic ring is 1. The fourth-order valence-corrected chi connectivity index (χ4v) is 3.77. The number of nitrogens with zero attached hydrogens (tertiary/aromatic N) is 2. The number of piperazine rings is 1. The fraction of sp³-hybridized carbons (Fsp3) is 0.643. The minimum Gasteiger partial charge on any atom is -0.397 e. The Morgan fingerprint density at radius 1 is 1.30 bits per heavy atom. The molecule has 5 nitrogen and oxygen atoms in total. The predicted molar refractivity (Wildman–Crippen MR) is 83.4 cm³/mol. The molecule has 0 amide bonds. The minimum atomic E-state index is 0.0702. The number of likely N-dealkylation sites (N-methyl/N-ethyl adjacent to an activating group) is 1. The van der Waals surface area contributed by atoms with Gasteiger partial charge in [0, 0.05) is 38.7 Å². The summed E-state index contributed by atoms with van der Waals surface area (Å²) in [5.41, 5.74) is 11.6. The van der Waals surface area contributed by atoms with E-state index in [4.69, 9.17) is 5.73 Å². The average molecular weight is 294 g/mol. The van der Waals surface area contributed by atoms with Gasteiger partial charge in [0.15, 0.2) is 5.78 Å². The molecule has 0 atom stereocenters. The summed E-state index contributed by atoms with van der Waals surface area (Å²) in [5, 5.41) is 3.32. The number of hydrazine groups is 1. The zero-order chi connectivity index (χ0) is 14.3. The van der Waals surface area contributed by atoms with E-state index in [-0.39, 0.29) is 5.78 Å². The van der Waals surface area contributed by atoms with Crippen molar-refractivity contribution in [3.05, 3.63) is 10.4 Å². The van der Waals surface area contributed by atoms with E-state index in [0.29, 0.717) is 16.5 Å². The van der Waals surface area contributed by atoms with Crippen LogP contribution >= 0.6 is 11.3 Å². The van der Waals surface area contributed by atoms with Crippen molar-refractivity contribution in [2.75, 3.05) is 44.4 Å². The quantitative estimate of drug-likeness (QED) is 0.832. The van der Waals surface area contributed by atoms with Gasteiger partial charge in [0.1, 0.15) is 5.00 Å². The molecule has 1 aliphatic heterocycles. The van der Waals surface area contributed by atoms with Gasteiger partial charge in [-0.05, 0) is 25.8 Å². The third-order valence-corrected chi connectivity index (χ3v) is 5.28. The smallest absolute Gasteiger partial charge is 0.171 e. The van der Waals surface area contributed by atoms with Crippen LogP contribution in [0.15, 0.2) is 0 Å². The molecular formula is C14H22N4OS. The Morgan fingerprint density at radius 2 is 1.95 bits per heavy atom. The van der Waals surface area contributed by atoms with Gasteiger partial charge in [-0.25, -0.2) is 5.01 Å². The van der Waals surface area contributed by atoms with Crippen molar-refractivity contribution >= 4 is 27.8 Å². The van der Waals surface area contributed by atoms with Crippen molar-refractivity contribution < 1.29 is 4.79 Å². The molecule has 0 aromatic carbocycles. The molecule has 2 heterocycles. The van der Waals surface area contributed by atoms with Crippen LogP contribution in [0.4, 0.5) is 10.7 Å². The van der Waals surface area contributed by atoms with Gasteiger partial charge in [-0.3, -0.25) is 4.79 Å². The molecule has 1 aromatic heterocycles. The van der Waals surface area contributed by atoms with Crippen LogP contribution in [0.25, 0.3) is 0 Å². The number of carbonyl (C=O) groups is 1. The third-order valence-electron chi connectivity index (χ3n) is 4.05. The second-order valence-electron chi connectivity index (χ2n) is 5.82. The molecule has 2 fully saturated rings. The van der Waals surface area contributed by atoms with Gasteiger partial charge < -0.3 is 16.1 Å². The van der Waals surface area contributed by atoms with E-state index in [9.17, 15) is 4.79 Å². The SMILES string of the molecule is CC(=O)c1sc(NN2CCN(C)CC2)c(C2CC2)c1N. The molecule has 0 radical (unpaired) electrons. The summed E-state index contributed by atoms with van der Waals surface area (Å²) in [6.45, 7) is 5.71. The van der Waals surface area contributed by atoms with Crippen LogP contribution in [0.3, 0.4) is 0 Å². The Morgan fingerprint density at radius 3 is 2.50 bits per heavy atom. The number of hydrogen-bond donors (Lipinski definition) is 2. The highest BCUT2D eigenvalue weighted by atomic mass is 32.1. The van der Waals surface area contributed by atoms with Gasteiger partial charge >= 0.3 is 0 Å². The van der Waals surface area contributed by atoms with E-state index in [1.54, 1.807) is 6.92 Å². The predicted octanol–water partition coefficient (Wildman–Crippen LogP) is 1.98. The van der Waals surface area contributed by atoms with Crippen LogP contribution in [0.5, 0.6) is 0 Å². The maximum Gasteiger partial charge on any atom is 0.171 e. The molecule has 0 bridgehead atoms. The first-order chi connectivity index (χ1) is 9.56. The number of rotatable bonds is 4. The highest BCUT2D eigenvalue weighted by Gasteiger charge is 2.33. The molecule has 1 aliphatic carbocycles. The van der Waals surface area contributed by atoms with E-state index in [1.165, 1.54) is 29.7 Å². The van der Waals surface area contributed by atoms with Crippen LogP contribution in [0.1, 0.15) is 40.9 Å². The Hall–Kier alpha value is -1.11. The highest BCUT2D eigenvalue weighted by molar-refractivity contribution is 7.18. The van der Waals surface area contributed by atoms with Crippen molar-refractivity contribution in [3.8, 4) is 0 Å². The highest BCUT2D eigenvalue weighted by Crippen LogP contribution is 2.51. The van der Waals surface area contributed by atoms with Crippen LogP contribution in [-0.2, 0) is 0 Å². The first kappa shape index (κ1) is 13.9. The second kappa shape index (κ2) is 5.35. The molecule has 1 saturated carbocycles. The average Bonchev–Trinajstić information content (AvgIpc) is 3.17. The number of anilines is 2. The third kappa shape index (κ3) is 2.68. The van der Waals surface area contributed by atoms with Gasteiger partial charge in [0.05, 0.1) is 10.6 Å². The Labute approximate surface area is 123 Å². The molecule has 3 N–H and O–H groups in total. The second-order valence-corrected chi connectivity index (χ2v) is 6.84. The molecule has 3 rings (SSSR count). The van der Waals surface area contributed by atoms with E-state index < -0.39 is 0 Å². The van der Waals surface area contributed by atoms with Crippen molar-refractivity contribution in [1.29, 1.82) is 0 Å². The van der Waals surface area contributed by atoms with Crippen molar-refractivity contribution in [2.45, 2.75) is 25.7 Å². The first-order valence-corrected chi connectivity index (χ1v) is 8.01. The summed E-state index contributed by atoms with van der Waals surface area (Å²) < 4.78 is 0. The van der Waals surface area contributed by atoms with Crippen molar-refractivity contribution in [2.24, 2.45) is 0 Å². The maximum absolute atomic E-state index is 11.7. The lowest BCUT2D eigenvalue weighted by Gasteiger charge is -2.33. The summed E-state index contributed by atoms with van der Waals surface area (Å²) >= 11 is 1.52.